The molecule has 1 aliphatic carbocycles. The molecule has 1 saturated carbocycles. The average molecular weight is 263 g/mol. The number of carbonyl (C=O) groups excluding carboxylic acids is 1. The van der Waals surface area contributed by atoms with Crippen molar-refractivity contribution in [2.75, 3.05) is 20.2 Å². The van der Waals surface area contributed by atoms with Crippen molar-refractivity contribution in [3.8, 4) is 0 Å². The minimum atomic E-state index is -0.257. The Labute approximate surface area is 113 Å². The van der Waals surface area contributed by atoms with Crippen LogP contribution in [0.4, 0.5) is 0 Å². The molecule has 2 aliphatic rings. The number of nitrogens with zero attached hydrogens (tertiary/aromatic N) is 2. The van der Waals surface area contributed by atoms with Crippen LogP contribution in [-0.2, 0) is 16.1 Å². The molecular weight excluding hydrogens is 242 g/mol. The van der Waals surface area contributed by atoms with E-state index in [0.29, 0.717) is 5.92 Å². The standard InChI is InChI=1S/C14H21N3O2/c1-19-13(18)14-5-3-2-4-11(14)7-17(9-14)8-12-6-15-10-16-12/h6,10-11H,2-5,7-9H2,1H3,(H,15,16)/t11-,14-/m1/s1. The van der Waals surface area contributed by atoms with Gasteiger partial charge in [0.25, 0.3) is 0 Å². The van der Waals surface area contributed by atoms with Crippen LogP contribution in [0.15, 0.2) is 12.5 Å². The highest BCUT2D eigenvalue weighted by Crippen LogP contribution is 2.47. The van der Waals surface area contributed by atoms with E-state index in [0.717, 1.165) is 44.6 Å². The number of hydrogen-bond acceptors (Lipinski definition) is 4. The van der Waals surface area contributed by atoms with Gasteiger partial charge in [0.05, 0.1) is 18.9 Å². The quantitative estimate of drug-likeness (QED) is 0.841. The van der Waals surface area contributed by atoms with Crippen molar-refractivity contribution in [1.29, 1.82) is 0 Å². The van der Waals surface area contributed by atoms with E-state index in [2.05, 4.69) is 14.9 Å². The third-order valence-corrected chi connectivity index (χ3v) is 4.73. The van der Waals surface area contributed by atoms with Crippen LogP contribution in [-0.4, -0.2) is 41.0 Å². The largest absolute Gasteiger partial charge is 0.469 e. The second-order valence-corrected chi connectivity index (χ2v) is 5.84. The van der Waals surface area contributed by atoms with E-state index in [-0.39, 0.29) is 11.4 Å². The molecule has 3 rings (SSSR count). The van der Waals surface area contributed by atoms with Crippen LogP contribution in [0.2, 0.25) is 0 Å². The van der Waals surface area contributed by atoms with Crippen LogP contribution in [0.1, 0.15) is 31.4 Å². The fourth-order valence-electron chi connectivity index (χ4n) is 3.83. The summed E-state index contributed by atoms with van der Waals surface area (Å²) in [6, 6.07) is 0. The molecule has 0 unspecified atom stereocenters. The molecule has 0 aromatic carbocycles. The summed E-state index contributed by atoms with van der Waals surface area (Å²) >= 11 is 0. The number of likely N-dealkylation sites (tertiary alicyclic amines) is 1. The Morgan fingerprint density at radius 1 is 1.63 bits per heavy atom. The van der Waals surface area contributed by atoms with Crippen LogP contribution in [0.25, 0.3) is 0 Å². The Morgan fingerprint density at radius 2 is 2.53 bits per heavy atom. The van der Waals surface area contributed by atoms with E-state index in [1.807, 2.05) is 6.20 Å². The van der Waals surface area contributed by atoms with Gasteiger partial charge in [0.15, 0.2) is 0 Å². The molecule has 2 fully saturated rings. The van der Waals surface area contributed by atoms with E-state index in [9.17, 15) is 4.79 Å². The molecule has 1 aliphatic heterocycles. The number of aromatic nitrogens is 2. The number of fused-ring (bicyclic) bond motifs is 1. The molecular formula is C14H21N3O2. The van der Waals surface area contributed by atoms with Crippen molar-refractivity contribution >= 4 is 5.97 Å². The van der Waals surface area contributed by atoms with Gasteiger partial charge in [0.2, 0.25) is 0 Å². The predicted octanol–water partition coefficient (Wildman–Crippen LogP) is 1.57. The molecule has 0 amide bonds. The first kappa shape index (κ1) is 12.7. The molecule has 2 heterocycles. The monoisotopic (exact) mass is 263 g/mol. The molecule has 2 atom stereocenters. The number of aromatic amines is 1. The van der Waals surface area contributed by atoms with Gasteiger partial charge in [-0.15, -0.1) is 0 Å². The number of rotatable bonds is 3. The smallest absolute Gasteiger partial charge is 0.313 e. The topological polar surface area (TPSA) is 58.2 Å². The van der Waals surface area contributed by atoms with Crippen LogP contribution in [0.3, 0.4) is 0 Å². The van der Waals surface area contributed by atoms with Gasteiger partial charge >= 0.3 is 5.97 Å². The molecule has 1 N–H and O–H groups in total. The van der Waals surface area contributed by atoms with Gasteiger partial charge in [-0.25, -0.2) is 4.98 Å². The fraction of sp³-hybridized carbons (Fsp3) is 0.714. The maximum Gasteiger partial charge on any atom is 0.313 e. The summed E-state index contributed by atoms with van der Waals surface area (Å²) in [6.07, 6.45) is 8.06. The molecule has 19 heavy (non-hydrogen) atoms. The number of carbonyl (C=O) groups is 1. The van der Waals surface area contributed by atoms with Crippen molar-refractivity contribution in [1.82, 2.24) is 14.9 Å². The minimum absolute atomic E-state index is 0.00990. The SMILES string of the molecule is COC(=O)[C@@]12CCCC[C@@H]1CN(Cc1cnc[nH]1)C2. The highest BCUT2D eigenvalue weighted by molar-refractivity contribution is 5.78. The summed E-state index contributed by atoms with van der Waals surface area (Å²) in [7, 11) is 1.51. The lowest BCUT2D eigenvalue weighted by molar-refractivity contribution is -0.156. The Hall–Kier alpha value is -1.36. The predicted molar refractivity (Wildman–Crippen MR) is 70.3 cm³/mol. The van der Waals surface area contributed by atoms with Crippen LogP contribution >= 0.6 is 0 Å². The van der Waals surface area contributed by atoms with E-state index in [1.165, 1.54) is 13.5 Å². The highest BCUT2D eigenvalue weighted by atomic mass is 16.5. The van der Waals surface area contributed by atoms with Gasteiger partial charge in [0.1, 0.15) is 0 Å². The lowest BCUT2D eigenvalue weighted by Crippen LogP contribution is -2.42. The Bertz CT molecular complexity index is 446. The van der Waals surface area contributed by atoms with Gasteiger partial charge in [0, 0.05) is 31.5 Å². The van der Waals surface area contributed by atoms with E-state index >= 15 is 0 Å². The molecule has 0 radical (unpaired) electrons. The molecule has 1 aromatic heterocycles. The summed E-state index contributed by atoms with van der Waals surface area (Å²) in [4.78, 5) is 21.8. The molecule has 0 bridgehead atoms. The normalized spacial score (nSPS) is 31.1. The van der Waals surface area contributed by atoms with Gasteiger partial charge in [-0.2, -0.15) is 0 Å². The number of H-pyrrole nitrogens is 1. The Balaban J connectivity index is 1.76. The van der Waals surface area contributed by atoms with E-state index in [4.69, 9.17) is 4.74 Å². The average Bonchev–Trinajstić information content (AvgIpc) is 3.05. The van der Waals surface area contributed by atoms with Crippen molar-refractivity contribution in [2.24, 2.45) is 11.3 Å². The first-order valence-electron chi connectivity index (χ1n) is 7.02. The number of ether oxygens (including phenoxy) is 1. The zero-order chi connectivity index (χ0) is 13.3. The zero-order valence-electron chi connectivity index (χ0n) is 11.4. The van der Waals surface area contributed by atoms with Crippen LogP contribution in [0.5, 0.6) is 0 Å². The molecule has 0 spiro atoms. The van der Waals surface area contributed by atoms with Crippen LogP contribution < -0.4 is 0 Å². The first-order valence-corrected chi connectivity index (χ1v) is 7.02. The van der Waals surface area contributed by atoms with Gasteiger partial charge in [-0.1, -0.05) is 12.8 Å². The zero-order valence-corrected chi connectivity index (χ0v) is 11.4. The number of nitrogens with one attached hydrogen (secondary N) is 1. The van der Waals surface area contributed by atoms with Crippen molar-refractivity contribution in [2.45, 2.75) is 32.2 Å². The highest BCUT2D eigenvalue weighted by Gasteiger charge is 2.53. The number of methoxy groups -OCH3 is 1. The fourth-order valence-corrected chi connectivity index (χ4v) is 3.83. The lowest BCUT2D eigenvalue weighted by Gasteiger charge is -2.35. The molecule has 1 saturated heterocycles. The summed E-state index contributed by atoms with van der Waals surface area (Å²) in [6.45, 7) is 2.66. The summed E-state index contributed by atoms with van der Waals surface area (Å²) in [5, 5.41) is 0. The summed E-state index contributed by atoms with van der Waals surface area (Å²) in [5.41, 5.74) is 0.853. The Morgan fingerprint density at radius 3 is 3.26 bits per heavy atom. The Kier molecular flexibility index (Phi) is 3.31. The van der Waals surface area contributed by atoms with Crippen LogP contribution in [0, 0.1) is 11.3 Å². The first-order chi connectivity index (χ1) is 9.24. The minimum Gasteiger partial charge on any atom is -0.469 e. The second-order valence-electron chi connectivity index (χ2n) is 5.84. The summed E-state index contributed by atoms with van der Waals surface area (Å²) < 4.78 is 5.09. The lowest BCUT2D eigenvalue weighted by atomic mass is 9.68. The molecule has 5 heteroatoms. The molecule has 5 nitrogen and oxygen atoms in total. The van der Waals surface area contributed by atoms with Crippen molar-refractivity contribution in [3.05, 3.63) is 18.2 Å². The summed E-state index contributed by atoms with van der Waals surface area (Å²) in [5.74, 6) is 0.445. The second kappa shape index (κ2) is 4.96. The maximum absolute atomic E-state index is 12.2. The number of imidazole rings is 1. The van der Waals surface area contributed by atoms with E-state index < -0.39 is 0 Å². The van der Waals surface area contributed by atoms with Gasteiger partial charge < -0.3 is 9.72 Å². The van der Waals surface area contributed by atoms with Crippen molar-refractivity contribution in [3.63, 3.8) is 0 Å². The van der Waals surface area contributed by atoms with Gasteiger partial charge in [-0.3, -0.25) is 9.69 Å². The molecule has 104 valence electrons. The number of hydrogen-bond donors (Lipinski definition) is 1. The van der Waals surface area contributed by atoms with Crippen molar-refractivity contribution < 1.29 is 9.53 Å². The van der Waals surface area contributed by atoms with Gasteiger partial charge in [-0.05, 0) is 18.8 Å². The van der Waals surface area contributed by atoms with E-state index in [1.54, 1.807) is 6.33 Å². The third-order valence-electron chi connectivity index (χ3n) is 4.73. The third kappa shape index (κ3) is 2.16. The number of esters is 1. The molecule has 1 aromatic rings. The maximum atomic E-state index is 12.2.